The molecule has 148 valence electrons. The van der Waals surface area contributed by atoms with Crippen LogP contribution in [0, 0.1) is 28.6 Å². The van der Waals surface area contributed by atoms with Crippen LogP contribution in [-0.2, 0) is 4.79 Å². The standard InChI is InChI=1S/C26H32O2/c1-25-12-10-20(27)16-19(25)8-9-21-22(25)11-13-26(2)23(21)15-18(24(26)28)14-17-6-4-3-5-7-17/h3-8,14,20-23,27H,9-13,15-16H2,1-2H3/b18-14+/t20-,21-,22+,23+,25-,26-/m0/s1. The Kier molecular flexibility index (Phi) is 4.21. The first kappa shape index (κ1) is 18.4. The van der Waals surface area contributed by atoms with Crippen LogP contribution < -0.4 is 0 Å². The van der Waals surface area contributed by atoms with Gasteiger partial charge >= 0.3 is 0 Å². The lowest BCUT2D eigenvalue weighted by molar-refractivity contribution is -0.130. The van der Waals surface area contributed by atoms with Gasteiger partial charge in [-0.1, -0.05) is 55.8 Å². The first-order valence-corrected chi connectivity index (χ1v) is 11.1. The lowest BCUT2D eigenvalue weighted by Gasteiger charge is -2.56. The number of rotatable bonds is 1. The summed E-state index contributed by atoms with van der Waals surface area (Å²) in [5.41, 5.74) is 3.73. The minimum atomic E-state index is -0.183. The van der Waals surface area contributed by atoms with Gasteiger partial charge in [0.1, 0.15) is 0 Å². The highest BCUT2D eigenvalue weighted by molar-refractivity contribution is 6.05. The van der Waals surface area contributed by atoms with Crippen LogP contribution >= 0.6 is 0 Å². The second kappa shape index (κ2) is 6.42. The van der Waals surface area contributed by atoms with Crippen molar-refractivity contribution >= 4 is 11.9 Å². The molecule has 0 spiro atoms. The summed E-state index contributed by atoms with van der Waals surface area (Å²) in [6.45, 7) is 4.69. The molecule has 0 bridgehead atoms. The van der Waals surface area contributed by atoms with Gasteiger partial charge in [-0.15, -0.1) is 0 Å². The fourth-order valence-electron chi connectivity index (χ4n) is 7.19. The van der Waals surface area contributed by atoms with E-state index < -0.39 is 0 Å². The smallest absolute Gasteiger partial charge is 0.165 e. The average molecular weight is 377 g/mol. The lowest BCUT2D eigenvalue weighted by Crippen LogP contribution is -2.50. The molecule has 3 saturated carbocycles. The number of ketones is 1. The first-order valence-electron chi connectivity index (χ1n) is 11.1. The molecule has 0 aliphatic heterocycles. The van der Waals surface area contributed by atoms with Crippen LogP contribution in [0.25, 0.3) is 6.08 Å². The summed E-state index contributed by atoms with van der Waals surface area (Å²) in [6.07, 6.45) is 11.5. The summed E-state index contributed by atoms with van der Waals surface area (Å²) < 4.78 is 0. The van der Waals surface area contributed by atoms with Crippen molar-refractivity contribution in [3.8, 4) is 0 Å². The highest BCUT2D eigenvalue weighted by atomic mass is 16.3. The Morgan fingerprint density at radius 3 is 2.54 bits per heavy atom. The summed E-state index contributed by atoms with van der Waals surface area (Å²) >= 11 is 0. The second-order valence-corrected chi connectivity index (χ2v) is 10.2. The van der Waals surface area contributed by atoms with Gasteiger partial charge in [-0.05, 0) is 85.3 Å². The molecule has 4 aliphatic rings. The van der Waals surface area contributed by atoms with E-state index in [9.17, 15) is 9.90 Å². The number of aliphatic hydroxyl groups excluding tert-OH is 1. The first-order chi connectivity index (χ1) is 13.4. The third-order valence-electron chi connectivity index (χ3n) is 8.86. The molecule has 28 heavy (non-hydrogen) atoms. The fourth-order valence-corrected chi connectivity index (χ4v) is 7.19. The zero-order valence-electron chi connectivity index (χ0n) is 17.2. The maximum Gasteiger partial charge on any atom is 0.165 e. The predicted molar refractivity (Wildman–Crippen MR) is 113 cm³/mol. The molecular weight excluding hydrogens is 344 g/mol. The number of fused-ring (bicyclic) bond motifs is 5. The molecule has 0 unspecified atom stereocenters. The van der Waals surface area contributed by atoms with Gasteiger partial charge in [0.25, 0.3) is 0 Å². The van der Waals surface area contributed by atoms with Crippen LogP contribution in [-0.4, -0.2) is 17.0 Å². The van der Waals surface area contributed by atoms with Crippen molar-refractivity contribution in [2.24, 2.45) is 28.6 Å². The van der Waals surface area contributed by atoms with Crippen LogP contribution in [0.2, 0.25) is 0 Å². The van der Waals surface area contributed by atoms with Gasteiger partial charge in [-0.2, -0.15) is 0 Å². The third kappa shape index (κ3) is 2.60. The van der Waals surface area contributed by atoms with Gasteiger partial charge < -0.3 is 5.11 Å². The number of hydrogen-bond acceptors (Lipinski definition) is 2. The molecule has 0 radical (unpaired) electrons. The van der Waals surface area contributed by atoms with E-state index in [0.717, 1.165) is 56.1 Å². The van der Waals surface area contributed by atoms with Crippen molar-refractivity contribution in [1.82, 2.24) is 0 Å². The Balaban J connectivity index is 1.48. The number of carbonyl (C=O) groups excluding carboxylic acids is 1. The zero-order valence-corrected chi connectivity index (χ0v) is 17.2. The van der Waals surface area contributed by atoms with Crippen molar-refractivity contribution in [3.63, 3.8) is 0 Å². The third-order valence-corrected chi connectivity index (χ3v) is 8.86. The van der Waals surface area contributed by atoms with Gasteiger partial charge in [0, 0.05) is 5.41 Å². The van der Waals surface area contributed by atoms with Gasteiger partial charge in [0.15, 0.2) is 5.78 Å². The number of aliphatic hydroxyl groups is 1. The number of carbonyl (C=O) groups is 1. The minimum Gasteiger partial charge on any atom is -0.393 e. The molecule has 0 aromatic heterocycles. The van der Waals surface area contributed by atoms with Crippen LogP contribution in [0.4, 0.5) is 0 Å². The predicted octanol–water partition coefficient (Wildman–Crippen LogP) is 5.57. The monoisotopic (exact) mass is 376 g/mol. The maximum atomic E-state index is 13.4. The molecule has 1 N–H and O–H groups in total. The van der Waals surface area contributed by atoms with E-state index in [-0.39, 0.29) is 16.9 Å². The Hall–Kier alpha value is -1.67. The molecule has 1 aromatic rings. The molecule has 3 fully saturated rings. The molecule has 0 amide bonds. The molecule has 6 atom stereocenters. The topological polar surface area (TPSA) is 37.3 Å². The summed E-state index contributed by atoms with van der Waals surface area (Å²) in [4.78, 5) is 13.4. The van der Waals surface area contributed by atoms with E-state index in [0.29, 0.717) is 23.5 Å². The van der Waals surface area contributed by atoms with Gasteiger partial charge in [0.05, 0.1) is 6.10 Å². The fraction of sp³-hybridized carbons (Fsp3) is 0.577. The molecular formula is C26H32O2. The van der Waals surface area contributed by atoms with Crippen molar-refractivity contribution in [2.45, 2.75) is 64.9 Å². The molecule has 0 heterocycles. The van der Waals surface area contributed by atoms with Crippen molar-refractivity contribution in [2.75, 3.05) is 0 Å². The maximum absolute atomic E-state index is 13.4. The van der Waals surface area contributed by atoms with Gasteiger partial charge in [-0.3, -0.25) is 4.79 Å². The summed E-state index contributed by atoms with van der Waals surface area (Å²) in [5.74, 6) is 2.14. The van der Waals surface area contributed by atoms with Crippen molar-refractivity contribution in [1.29, 1.82) is 0 Å². The van der Waals surface area contributed by atoms with Crippen molar-refractivity contribution in [3.05, 3.63) is 53.1 Å². The number of hydrogen-bond donors (Lipinski definition) is 1. The average Bonchev–Trinajstić information content (AvgIpc) is 2.94. The molecule has 4 aliphatic carbocycles. The highest BCUT2D eigenvalue weighted by Crippen LogP contribution is 2.64. The van der Waals surface area contributed by atoms with E-state index in [1.54, 1.807) is 0 Å². The number of Topliss-reactive ketones (excluding diaryl/α,β-unsaturated/α-hetero) is 1. The van der Waals surface area contributed by atoms with E-state index >= 15 is 0 Å². The van der Waals surface area contributed by atoms with Crippen molar-refractivity contribution < 1.29 is 9.90 Å². The number of allylic oxidation sites excluding steroid dienone is 2. The molecule has 2 nitrogen and oxygen atoms in total. The largest absolute Gasteiger partial charge is 0.393 e. The van der Waals surface area contributed by atoms with E-state index in [1.165, 1.54) is 5.57 Å². The Morgan fingerprint density at radius 2 is 1.75 bits per heavy atom. The quantitative estimate of drug-likeness (QED) is 0.514. The minimum absolute atomic E-state index is 0.154. The Bertz CT molecular complexity index is 850. The van der Waals surface area contributed by atoms with Crippen LogP contribution in [0.15, 0.2) is 47.6 Å². The normalized spacial score (nSPS) is 43.9. The Labute approximate surface area is 168 Å². The number of benzene rings is 1. The SMILES string of the molecule is C[C@]12CC[C@H](O)CC1=CC[C@H]1[C@H]2CC[C@]2(C)C(=O)/C(=C/c3ccccc3)C[C@H]12. The summed E-state index contributed by atoms with van der Waals surface area (Å²) in [6, 6.07) is 10.3. The molecule has 1 aromatic carbocycles. The van der Waals surface area contributed by atoms with E-state index in [4.69, 9.17) is 0 Å². The van der Waals surface area contributed by atoms with E-state index in [1.807, 2.05) is 18.2 Å². The molecule has 0 saturated heterocycles. The van der Waals surface area contributed by atoms with Gasteiger partial charge in [-0.25, -0.2) is 0 Å². The summed E-state index contributed by atoms with van der Waals surface area (Å²) in [5, 5.41) is 10.2. The lowest BCUT2D eigenvalue weighted by atomic mass is 9.48. The summed E-state index contributed by atoms with van der Waals surface area (Å²) in [7, 11) is 0. The molecule has 5 rings (SSSR count). The van der Waals surface area contributed by atoms with Gasteiger partial charge in [0.2, 0.25) is 0 Å². The Morgan fingerprint density at radius 1 is 1.00 bits per heavy atom. The van der Waals surface area contributed by atoms with Crippen LogP contribution in [0.1, 0.15) is 64.4 Å². The molecule has 2 heteroatoms. The van der Waals surface area contributed by atoms with Crippen LogP contribution in [0.3, 0.4) is 0 Å². The van der Waals surface area contributed by atoms with E-state index in [2.05, 4.69) is 38.1 Å². The van der Waals surface area contributed by atoms with Crippen LogP contribution in [0.5, 0.6) is 0 Å². The highest BCUT2D eigenvalue weighted by Gasteiger charge is 2.59. The second-order valence-electron chi connectivity index (χ2n) is 10.2. The zero-order chi connectivity index (χ0) is 19.5.